The van der Waals surface area contributed by atoms with Gasteiger partial charge in [-0.1, -0.05) is 12.1 Å². The molecular weight excluding hydrogens is 251 g/mol. The predicted molar refractivity (Wildman–Crippen MR) is 66.3 cm³/mol. The maximum Gasteiger partial charge on any atom is 0.312 e. The molecule has 0 bridgehead atoms. The summed E-state index contributed by atoms with van der Waals surface area (Å²) in [5.41, 5.74) is 0. The molecule has 0 aliphatic carbocycles. The molecule has 1 aliphatic heterocycles. The molecule has 4 nitrogen and oxygen atoms in total. The van der Waals surface area contributed by atoms with Gasteiger partial charge in [0.05, 0.1) is 19.6 Å². The van der Waals surface area contributed by atoms with E-state index in [4.69, 9.17) is 14.2 Å². The Balaban J connectivity index is 2.00. The van der Waals surface area contributed by atoms with Crippen molar-refractivity contribution in [1.82, 2.24) is 0 Å². The number of benzene rings is 1. The SMILES string of the molecule is COC(=O)C(COc1ccccc1F)C1CCOC1. The number of hydrogen-bond acceptors (Lipinski definition) is 4. The smallest absolute Gasteiger partial charge is 0.312 e. The second-order valence-corrected chi connectivity index (χ2v) is 4.49. The molecule has 5 heteroatoms. The Morgan fingerprint density at radius 3 is 2.95 bits per heavy atom. The van der Waals surface area contributed by atoms with Crippen LogP contribution in [-0.4, -0.2) is 32.9 Å². The number of halogens is 1. The van der Waals surface area contributed by atoms with Gasteiger partial charge in [0.25, 0.3) is 0 Å². The molecule has 1 aliphatic rings. The Labute approximate surface area is 111 Å². The molecule has 0 aromatic heterocycles. The van der Waals surface area contributed by atoms with Crippen molar-refractivity contribution < 1.29 is 23.4 Å². The van der Waals surface area contributed by atoms with Gasteiger partial charge in [0.1, 0.15) is 6.61 Å². The molecule has 19 heavy (non-hydrogen) atoms. The molecule has 0 spiro atoms. The molecule has 2 rings (SSSR count). The third-order valence-electron chi connectivity index (χ3n) is 3.29. The largest absolute Gasteiger partial charge is 0.490 e. The minimum atomic E-state index is -0.436. The van der Waals surface area contributed by atoms with Crippen molar-refractivity contribution in [3.05, 3.63) is 30.1 Å². The zero-order valence-electron chi connectivity index (χ0n) is 10.8. The summed E-state index contributed by atoms with van der Waals surface area (Å²) >= 11 is 0. The third-order valence-corrected chi connectivity index (χ3v) is 3.29. The van der Waals surface area contributed by atoms with Crippen LogP contribution in [0.4, 0.5) is 4.39 Å². The highest BCUT2D eigenvalue weighted by Gasteiger charge is 2.33. The number of carbonyl (C=O) groups excluding carboxylic acids is 1. The fourth-order valence-corrected chi connectivity index (χ4v) is 2.16. The second-order valence-electron chi connectivity index (χ2n) is 4.49. The zero-order valence-corrected chi connectivity index (χ0v) is 10.8. The highest BCUT2D eigenvalue weighted by atomic mass is 19.1. The Bertz CT molecular complexity index is 429. The molecule has 1 heterocycles. The molecule has 1 saturated heterocycles. The lowest BCUT2D eigenvalue weighted by Gasteiger charge is -2.20. The summed E-state index contributed by atoms with van der Waals surface area (Å²) in [6.45, 7) is 1.25. The van der Waals surface area contributed by atoms with Gasteiger partial charge in [-0.15, -0.1) is 0 Å². The van der Waals surface area contributed by atoms with E-state index in [1.54, 1.807) is 12.1 Å². The van der Waals surface area contributed by atoms with Crippen LogP contribution in [-0.2, 0) is 14.3 Å². The number of hydrogen-bond donors (Lipinski definition) is 0. The molecular formula is C14H17FO4. The Kier molecular flexibility index (Phi) is 4.74. The van der Waals surface area contributed by atoms with E-state index in [-0.39, 0.29) is 24.2 Å². The average molecular weight is 268 g/mol. The lowest BCUT2D eigenvalue weighted by Crippen LogP contribution is -2.31. The zero-order chi connectivity index (χ0) is 13.7. The summed E-state index contributed by atoms with van der Waals surface area (Å²) in [6, 6.07) is 6.13. The molecule has 1 aromatic carbocycles. The molecule has 2 atom stereocenters. The van der Waals surface area contributed by atoms with E-state index in [0.29, 0.717) is 13.2 Å². The number of carbonyl (C=O) groups is 1. The molecule has 1 fully saturated rings. The Morgan fingerprint density at radius 1 is 1.53 bits per heavy atom. The summed E-state index contributed by atoms with van der Waals surface area (Å²) in [5, 5.41) is 0. The fourth-order valence-electron chi connectivity index (χ4n) is 2.16. The topological polar surface area (TPSA) is 44.8 Å². The maximum absolute atomic E-state index is 13.4. The normalized spacial score (nSPS) is 20.0. The minimum absolute atomic E-state index is 0.0687. The van der Waals surface area contributed by atoms with Gasteiger partial charge in [-0.05, 0) is 18.6 Å². The van der Waals surface area contributed by atoms with E-state index >= 15 is 0 Å². The number of para-hydroxylation sites is 1. The van der Waals surface area contributed by atoms with E-state index < -0.39 is 11.7 Å². The minimum Gasteiger partial charge on any atom is -0.490 e. The Morgan fingerprint density at radius 2 is 2.32 bits per heavy atom. The second kappa shape index (κ2) is 6.52. The van der Waals surface area contributed by atoms with Gasteiger partial charge in [0.15, 0.2) is 11.6 Å². The standard InChI is InChI=1S/C14H17FO4/c1-17-14(16)11(10-6-7-18-8-10)9-19-13-5-3-2-4-12(13)15/h2-5,10-11H,6-9H2,1H3. The molecule has 0 saturated carbocycles. The van der Waals surface area contributed by atoms with Gasteiger partial charge in [0, 0.05) is 12.5 Å². The van der Waals surface area contributed by atoms with Gasteiger partial charge < -0.3 is 14.2 Å². The highest BCUT2D eigenvalue weighted by Crippen LogP contribution is 2.25. The fraction of sp³-hybridized carbons (Fsp3) is 0.500. The van der Waals surface area contributed by atoms with Gasteiger partial charge in [-0.2, -0.15) is 0 Å². The van der Waals surface area contributed by atoms with Crippen molar-refractivity contribution in [1.29, 1.82) is 0 Å². The van der Waals surface area contributed by atoms with Crippen molar-refractivity contribution >= 4 is 5.97 Å². The van der Waals surface area contributed by atoms with E-state index in [9.17, 15) is 9.18 Å². The average Bonchev–Trinajstić information content (AvgIpc) is 2.94. The number of rotatable bonds is 5. The predicted octanol–water partition coefficient (Wildman–Crippen LogP) is 2.03. The van der Waals surface area contributed by atoms with Crippen LogP contribution in [0.15, 0.2) is 24.3 Å². The van der Waals surface area contributed by atoms with Crippen molar-refractivity contribution in [2.75, 3.05) is 26.9 Å². The van der Waals surface area contributed by atoms with Crippen LogP contribution in [0.2, 0.25) is 0 Å². The quantitative estimate of drug-likeness (QED) is 0.766. The summed E-state index contributed by atoms with van der Waals surface area (Å²) in [5.74, 6) is -0.984. The van der Waals surface area contributed by atoms with Gasteiger partial charge >= 0.3 is 5.97 Å². The summed E-state index contributed by atoms with van der Waals surface area (Å²) in [7, 11) is 1.34. The first-order valence-corrected chi connectivity index (χ1v) is 6.25. The monoisotopic (exact) mass is 268 g/mol. The van der Waals surface area contributed by atoms with Crippen LogP contribution in [0.25, 0.3) is 0 Å². The lowest BCUT2D eigenvalue weighted by molar-refractivity contribution is -0.148. The Hall–Kier alpha value is -1.62. The van der Waals surface area contributed by atoms with E-state index in [0.717, 1.165) is 6.42 Å². The van der Waals surface area contributed by atoms with E-state index in [1.807, 2.05) is 0 Å². The first kappa shape index (κ1) is 13.8. The van der Waals surface area contributed by atoms with Crippen LogP contribution < -0.4 is 4.74 Å². The van der Waals surface area contributed by atoms with Crippen molar-refractivity contribution in [3.63, 3.8) is 0 Å². The molecule has 0 N–H and O–H groups in total. The van der Waals surface area contributed by atoms with Crippen LogP contribution in [0, 0.1) is 17.7 Å². The summed E-state index contributed by atoms with van der Waals surface area (Å²) < 4.78 is 28.9. The number of methoxy groups -OCH3 is 1. The van der Waals surface area contributed by atoms with Crippen LogP contribution in [0.5, 0.6) is 5.75 Å². The number of esters is 1. The first-order valence-electron chi connectivity index (χ1n) is 6.25. The van der Waals surface area contributed by atoms with Crippen molar-refractivity contribution in [3.8, 4) is 5.75 Å². The third kappa shape index (κ3) is 3.44. The number of ether oxygens (including phenoxy) is 3. The van der Waals surface area contributed by atoms with E-state index in [1.165, 1.54) is 19.2 Å². The lowest BCUT2D eigenvalue weighted by atomic mass is 9.92. The van der Waals surface area contributed by atoms with Crippen molar-refractivity contribution in [2.45, 2.75) is 6.42 Å². The van der Waals surface area contributed by atoms with Crippen LogP contribution in [0.1, 0.15) is 6.42 Å². The first-order chi connectivity index (χ1) is 9.22. The van der Waals surface area contributed by atoms with Gasteiger partial charge in [-0.3, -0.25) is 4.79 Å². The van der Waals surface area contributed by atoms with Crippen LogP contribution >= 0.6 is 0 Å². The molecule has 2 unspecified atom stereocenters. The van der Waals surface area contributed by atoms with Gasteiger partial charge in [0.2, 0.25) is 0 Å². The van der Waals surface area contributed by atoms with Crippen molar-refractivity contribution in [2.24, 2.45) is 11.8 Å². The molecule has 0 amide bonds. The highest BCUT2D eigenvalue weighted by molar-refractivity contribution is 5.72. The summed E-state index contributed by atoms with van der Waals surface area (Å²) in [4.78, 5) is 11.8. The summed E-state index contributed by atoms with van der Waals surface area (Å²) in [6.07, 6.45) is 0.792. The molecule has 104 valence electrons. The molecule has 1 aromatic rings. The van der Waals surface area contributed by atoms with E-state index in [2.05, 4.69) is 0 Å². The maximum atomic E-state index is 13.4. The molecule has 0 radical (unpaired) electrons. The van der Waals surface area contributed by atoms with Crippen LogP contribution in [0.3, 0.4) is 0 Å². The van der Waals surface area contributed by atoms with Gasteiger partial charge in [-0.25, -0.2) is 4.39 Å².